The molecular weight excluding hydrogens is 440 g/mol. The Balaban J connectivity index is 1.30. The molecule has 0 radical (unpaired) electrons. The summed E-state index contributed by atoms with van der Waals surface area (Å²) in [6.07, 6.45) is -1.03. The molecule has 1 fully saturated rings. The Morgan fingerprint density at radius 1 is 1.06 bits per heavy atom. The number of carboxylic acids is 1. The number of hydrogen-bond donors (Lipinski definition) is 4. The fourth-order valence-electron chi connectivity index (χ4n) is 4.64. The fraction of sp³-hybridized carbons (Fsp3) is 0.400. The quantitative estimate of drug-likeness (QED) is 0.441. The van der Waals surface area contributed by atoms with Crippen molar-refractivity contribution in [3.05, 3.63) is 59.7 Å². The van der Waals surface area contributed by atoms with Crippen molar-refractivity contribution in [1.29, 1.82) is 0 Å². The molecule has 1 aliphatic carbocycles. The molecule has 1 heterocycles. The van der Waals surface area contributed by atoms with E-state index in [1.54, 1.807) is 0 Å². The minimum Gasteiger partial charge on any atom is -0.480 e. The molecule has 0 spiro atoms. The first kappa shape index (κ1) is 23.7. The van der Waals surface area contributed by atoms with E-state index in [9.17, 15) is 14.4 Å². The van der Waals surface area contributed by atoms with Gasteiger partial charge in [-0.25, -0.2) is 9.59 Å². The van der Waals surface area contributed by atoms with Crippen LogP contribution in [0.2, 0.25) is 0 Å². The smallest absolute Gasteiger partial charge is 0.407 e. The number of aliphatic hydroxyl groups is 1. The number of carbonyl (C=O) groups is 3. The van der Waals surface area contributed by atoms with Crippen LogP contribution in [0, 0.1) is 5.92 Å². The molecule has 34 heavy (non-hydrogen) atoms. The van der Waals surface area contributed by atoms with E-state index in [0.717, 1.165) is 22.3 Å². The third-order valence-electron chi connectivity index (χ3n) is 6.36. The first-order valence-electron chi connectivity index (χ1n) is 11.3. The first-order valence-corrected chi connectivity index (χ1v) is 11.3. The largest absolute Gasteiger partial charge is 0.480 e. The van der Waals surface area contributed by atoms with Crippen LogP contribution in [-0.2, 0) is 19.1 Å². The molecule has 4 rings (SSSR count). The Hall–Kier alpha value is -3.43. The monoisotopic (exact) mass is 468 g/mol. The lowest BCUT2D eigenvalue weighted by Crippen LogP contribution is -2.48. The van der Waals surface area contributed by atoms with Gasteiger partial charge in [0.2, 0.25) is 5.91 Å². The molecule has 9 heteroatoms. The maximum Gasteiger partial charge on any atom is 0.407 e. The van der Waals surface area contributed by atoms with E-state index in [2.05, 4.69) is 22.8 Å². The summed E-state index contributed by atoms with van der Waals surface area (Å²) in [7, 11) is 0. The van der Waals surface area contributed by atoms with Gasteiger partial charge < -0.3 is 30.3 Å². The fourth-order valence-corrected chi connectivity index (χ4v) is 4.64. The van der Waals surface area contributed by atoms with Gasteiger partial charge >= 0.3 is 12.1 Å². The summed E-state index contributed by atoms with van der Waals surface area (Å²) in [5.41, 5.74) is 4.52. The summed E-state index contributed by atoms with van der Waals surface area (Å²) in [4.78, 5) is 36.2. The van der Waals surface area contributed by atoms with E-state index < -0.39 is 30.1 Å². The summed E-state index contributed by atoms with van der Waals surface area (Å²) in [5.74, 6) is -2.17. The van der Waals surface area contributed by atoms with Crippen LogP contribution in [0.25, 0.3) is 11.1 Å². The highest BCUT2D eigenvalue weighted by atomic mass is 16.5. The third-order valence-corrected chi connectivity index (χ3v) is 6.36. The number of hydrogen-bond acceptors (Lipinski definition) is 6. The van der Waals surface area contributed by atoms with Crippen molar-refractivity contribution < 1.29 is 34.1 Å². The zero-order valence-corrected chi connectivity index (χ0v) is 18.6. The number of benzene rings is 2. The number of ether oxygens (including phenoxy) is 2. The van der Waals surface area contributed by atoms with Crippen LogP contribution in [-0.4, -0.2) is 66.7 Å². The standard InChI is InChI=1S/C25H28N2O7/c28-11-9-21(24(30)31)27-23(29)22-15(10-12-33-22)13-26-25(32)34-14-20-18-7-3-1-5-16(18)17-6-2-4-8-19(17)20/h1-8,15,20-22,28H,9-14H2,(H,26,32)(H,27,29)(H,30,31). The lowest BCUT2D eigenvalue weighted by Gasteiger charge is -2.21. The SMILES string of the molecule is O=C(NCC1CCOC1C(=O)NC(CCO)C(=O)O)OCC1c2ccccc2-c2ccccc21. The summed E-state index contributed by atoms with van der Waals surface area (Å²) in [6.45, 7) is 0.307. The molecule has 180 valence electrons. The maximum atomic E-state index is 12.5. The first-order chi connectivity index (χ1) is 16.5. The van der Waals surface area contributed by atoms with Gasteiger partial charge in [-0.1, -0.05) is 48.5 Å². The number of carbonyl (C=O) groups excluding carboxylic acids is 2. The second kappa shape index (κ2) is 10.7. The van der Waals surface area contributed by atoms with Gasteiger partial charge in [0.05, 0.1) is 0 Å². The third kappa shape index (κ3) is 5.05. The number of nitrogens with one attached hydrogen (secondary N) is 2. The van der Waals surface area contributed by atoms with E-state index in [-0.39, 0.29) is 38.0 Å². The summed E-state index contributed by atoms with van der Waals surface area (Å²) < 4.78 is 11.0. The van der Waals surface area contributed by atoms with Crippen LogP contribution >= 0.6 is 0 Å². The van der Waals surface area contributed by atoms with Crippen LogP contribution in [0.3, 0.4) is 0 Å². The van der Waals surface area contributed by atoms with Crippen molar-refractivity contribution in [2.24, 2.45) is 5.92 Å². The highest BCUT2D eigenvalue weighted by Gasteiger charge is 2.36. The molecule has 3 unspecified atom stereocenters. The van der Waals surface area contributed by atoms with Crippen LogP contribution in [0.5, 0.6) is 0 Å². The molecule has 2 aromatic carbocycles. The molecule has 9 nitrogen and oxygen atoms in total. The Labute approximate surface area is 197 Å². The van der Waals surface area contributed by atoms with Crippen molar-refractivity contribution in [2.45, 2.75) is 30.9 Å². The topological polar surface area (TPSA) is 134 Å². The molecular formula is C25H28N2O7. The predicted molar refractivity (Wildman–Crippen MR) is 122 cm³/mol. The molecule has 3 atom stereocenters. The number of alkyl carbamates (subject to hydrolysis) is 1. The lowest BCUT2D eigenvalue weighted by molar-refractivity contribution is -0.144. The predicted octanol–water partition coefficient (Wildman–Crippen LogP) is 1.88. The number of fused-ring (bicyclic) bond motifs is 3. The van der Waals surface area contributed by atoms with E-state index >= 15 is 0 Å². The van der Waals surface area contributed by atoms with Crippen molar-refractivity contribution in [1.82, 2.24) is 10.6 Å². The molecule has 1 saturated heterocycles. The van der Waals surface area contributed by atoms with Crippen LogP contribution in [0.4, 0.5) is 4.79 Å². The van der Waals surface area contributed by atoms with Gasteiger partial charge in [-0.3, -0.25) is 4.79 Å². The maximum absolute atomic E-state index is 12.5. The van der Waals surface area contributed by atoms with Crippen molar-refractivity contribution in [3.63, 3.8) is 0 Å². The molecule has 4 N–H and O–H groups in total. The highest BCUT2D eigenvalue weighted by molar-refractivity contribution is 5.86. The van der Waals surface area contributed by atoms with E-state index in [4.69, 9.17) is 19.7 Å². The van der Waals surface area contributed by atoms with Gasteiger partial charge in [0.15, 0.2) is 0 Å². The molecule has 1 aliphatic heterocycles. The van der Waals surface area contributed by atoms with Gasteiger partial charge in [-0.05, 0) is 28.7 Å². The van der Waals surface area contributed by atoms with Gasteiger partial charge in [0, 0.05) is 38.0 Å². The zero-order chi connectivity index (χ0) is 24.1. The van der Waals surface area contributed by atoms with Crippen molar-refractivity contribution >= 4 is 18.0 Å². The number of rotatable bonds is 9. The molecule has 0 bridgehead atoms. The molecule has 2 aliphatic rings. The Kier molecular flexibility index (Phi) is 7.44. The normalized spacial score (nSPS) is 19.7. The summed E-state index contributed by atoms with van der Waals surface area (Å²) in [5, 5.41) is 23.3. The Morgan fingerprint density at radius 2 is 1.71 bits per heavy atom. The molecule has 2 amide bonds. The number of carboxylic acid groups (broad SMARTS) is 1. The summed E-state index contributed by atoms with van der Waals surface area (Å²) in [6, 6.07) is 14.9. The van der Waals surface area contributed by atoms with Gasteiger partial charge in [0.25, 0.3) is 0 Å². The Morgan fingerprint density at radius 3 is 2.32 bits per heavy atom. The van der Waals surface area contributed by atoms with Crippen LogP contribution < -0.4 is 10.6 Å². The molecule has 0 aromatic heterocycles. The van der Waals surface area contributed by atoms with Crippen LogP contribution in [0.1, 0.15) is 29.9 Å². The number of aliphatic carboxylic acids is 1. The van der Waals surface area contributed by atoms with Gasteiger partial charge in [-0.15, -0.1) is 0 Å². The van der Waals surface area contributed by atoms with Crippen molar-refractivity contribution in [3.8, 4) is 11.1 Å². The Bertz CT molecular complexity index is 1010. The van der Waals surface area contributed by atoms with E-state index in [1.807, 2.05) is 36.4 Å². The molecule has 0 saturated carbocycles. The second-order valence-corrected chi connectivity index (χ2v) is 8.46. The lowest BCUT2D eigenvalue weighted by atomic mass is 9.98. The average Bonchev–Trinajstić information content (AvgIpc) is 3.44. The average molecular weight is 469 g/mol. The van der Waals surface area contributed by atoms with Gasteiger partial charge in [0.1, 0.15) is 18.8 Å². The highest BCUT2D eigenvalue weighted by Crippen LogP contribution is 2.44. The van der Waals surface area contributed by atoms with E-state index in [1.165, 1.54) is 0 Å². The minimum absolute atomic E-state index is 0.0500. The second-order valence-electron chi connectivity index (χ2n) is 8.46. The molecule has 2 aromatic rings. The number of amides is 2. The van der Waals surface area contributed by atoms with Crippen LogP contribution in [0.15, 0.2) is 48.5 Å². The number of aliphatic hydroxyl groups excluding tert-OH is 1. The zero-order valence-electron chi connectivity index (χ0n) is 18.6. The minimum atomic E-state index is -1.23. The van der Waals surface area contributed by atoms with Crippen molar-refractivity contribution in [2.75, 3.05) is 26.4 Å². The summed E-state index contributed by atoms with van der Waals surface area (Å²) >= 11 is 0. The van der Waals surface area contributed by atoms with Gasteiger partial charge in [-0.2, -0.15) is 0 Å². The van der Waals surface area contributed by atoms with E-state index in [0.29, 0.717) is 13.0 Å².